The maximum Gasteiger partial charge on any atom is 0.371 e. The lowest BCUT2D eigenvalue weighted by molar-refractivity contribution is -0.124. The van der Waals surface area contributed by atoms with Gasteiger partial charge in [-0.05, 0) is 19.1 Å². The van der Waals surface area contributed by atoms with Crippen LogP contribution in [0.3, 0.4) is 0 Å². The Hall–Kier alpha value is -1.62. The van der Waals surface area contributed by atoms with Crippen LogP contribution in [-0.2, 0) is 10.4 Å². The van der Waals surface area contributed by atoms with E-state index in [9.17, 15) is 14.7 Å². The third-order valence-corrected chi connectivity index (χ3v) is 1.55. The van der Waals surface area contributed by atoms with Gasteiger partial charge in [0.05, 0.1) is 0 Å². The summed E-state index contributed by atoms with van der Waals surface area (Å²) in [5.74, 6) is -1.63. The first-order valence-electron chi connectivity index (χ1n) is 3.49. The van der Waals surface area contributed by atoms with Gasteiger partial charge in [0.1, 0.15) is 5.76 Å². The number of carboxylic acid groups (broad SMARTS) is 1. The second-order valence-corrected chi connectivity index (χ2v) is 2.73. The average molecular weight is 184 g/mol. The molecule has 0 radical (unpaired) electrons. The number of aromatic carboxylic acids is 1. The zero-order valence-corrected chi connectivity index (χ0v) is 6.85. The van der Waals surface area contributed by atoms with Crippen LogP contribution < -0.4 is 0 Å². The molecule has 0 bridgehead atoms. The summed E-state index contributed by atoms with van der Waals surface area (Å²) < 4.78 is 4.72. The van der Waals surface area contributed by atoms with Crippen molar-refractivity contribution in [1.29, 1.82) is 0 Å². The minimum atomic E-state index is -1.77. The molecule has 0 saturated carbocycles. The average Bonchev–Trinajstić information content (AvgIpc) is 2.52. The van der Waals surface area contributed by atoms with Gasteiger partial charge in [0.15, 0.2) is 11.9 Å². The molecule has 1 heterocycles. The Balaban J connectivity index is 3.05. The minimum absolute atomic E-state index is 0.0834. The summed E-state index contributed by atoms with van der Waals surface area (Å²) in [6.45, 7) is 1.21. The van der Waals surface area contributed by atoms with E-state index in [1.807, 2.05) is 0 Å². The van der Waals surface area contributed by atoms with Gasteiger partial charge in [0, 0.05) is 0 Å². The van der Waals surface area contributed by atoms with Gasteiger partial charge in [0.2, 0.25) is 5.76 Å². The molecule has 0 amide bonds. The molecule has 0 aliphatic heterocycles. The molecule has 1 unspecified atom stereocenters. The standard InChI is InChI=1S/C8H8O5/c1-8(12,4-9)6-3-2-5(13-6)7(10)11/h2-4,12H,1H3,(H,10,11). The predicted octanol–water partition coefficient (Wildman–Crippen LogP) is 0.384. The molecule has 0 fully saturated rings. The van der Waals surface area contributed by atoms with Crippen LogP contribution in [0.2, 0.25) is 0 Å². The Labute approximate surface area is 73.6 Å². The van der Waals surface area contributed by atoms with Gasteiger partial charge in [0.25, 0.3) is 0 Å². The van der Waals surface area contributed by atoms with Crippen LogP contribution in [0.5, 0.6) is 0 Å². The van der Waals surface area contributed by atoms with E-state index in [0.717, 1.165) is 0 Å². The number of aldehydes is 1. The molecule has 1 atom stereocenters. The third kappa shape index (κ3) is 1.75. The fourth-order valence-electron chi connectivity index (χ4n) is 0.783. The van der Waals surface area contributed by atoms with E-state index in [-0.39, 0.29) is 17.8 Å². The Morgan fingerprint density at radius 3 is 2.62 bits per heavy atom. The molecule has 13 heavy (non-hydrogen) atoms. The number of hydrogen-bond donors (Lipinski definition) is 2. The molecule has 2 N–H and O–H groups in total. The molecule has 70 valence electrons. The third-order valence-electron chi connectivity index (χ3n) is 1.55. The maximum atomic E-state index is 10.4. The van der Waals surface area contributed by atoms with Gasteiger partial charge in [-0.2, -0.15) is 0 Å². The van der Waals surface area contributed by atoms with Crippen molar-refractivity contribution in [2.24, 2.45) is 0 Å². The minimum Gasteiger partial charge on any atom is -0.475 e. The zero-order valence-electron chi connectivity index (χ0n) is 6.85. The van der Waals surface area contributed by atoms with Gasteiger partial charge in [-0.3, -0.25) is 4.79 Å². The van der Waals surface area contributed by atoms with Crippen molar-refractivity contribution >= 4 is 12.3 Å². The molecule has 0 aliphatic rings. The molecular formula is C8H8O5. The van der Waals surface area contributed by atoms with Crippen molar-refractivity contribution in [2.75, 3.05) is 0 Å². The summed E-state index contributed by atoms with van der Waals surface area (Å²) in [5, 5.41) is 17.8. The van der Waals surface area contributed by atoms with Crippen LogP contribution in [0.4, 0.5) is 0 Å². The molecule has 5 nitrogen and oxygen atoms in total. The quantitative estimate of drug-likeness (QED) is 0.663. The predicted molar refractivity (Wildman–Crippen MR) is 41.3 cm³/mol. The fourth-order valence-corrected chi connectivity index (χ4v) is 0.783. The van der Waals surface area contributed by atoms with Crippen LogP contribution in [0.25, 0.3) is 0 Å². The van der Waals surface area contributed by atoms with Crippen molar-refractivity contribution in [1.82, 2.24) is 0 Å². The Morgan fingerprint density at radius 2 is 2.23 bits per heavy atom. The lowest BCUT2D eigenvalue weighted by Gasteiger charge is -2.10. The van der Waals surface area contributed by atoms with E-state index < -0.39 is 11.6 Å². The van der Waals surface area contributed by atoms with E-state index in [2.05, 4.69) is 0 Å². The van der Waals surface area contributed by atoms with Gasteiger partial charge < -0.3 is 14.6 Å². The van der Waals surface area contributed by atoms with E-state index in [1.165, 1.54) is 19.1 Å². The molecule has 1 aromatic heterocycles. The molecule has 0 aliphatic carbocycles. The first kappa shape index (κ1) is 9.47. The van der Waals surface area contributed by atoms with Gasteiger partial charge in [-0.15, -0.1) is 0 Å². The highest BCUT2D eigenvalue weighted by Gasteiger charge is 2.27. The van der Waals surface area contributed by atoms with Crippen LogP contribution in [-0.4, -0.2) is 22.5 Å². The Kier molecular flexibility index (Phi) is 2.20. The fraction of sp³-hybridized carbons (Fsp3) is 0.250. The smallest absolute Gasteiger partial charge is 0.371 e. The molecule has 0 saturated heterocycles. The highest BCUT2D eigenvalue weighted by atomic mass is 16.4. The highest BCUT2D eigenvalue weighted by molar-refractivity contribution is 5.84. The summed E-state index contributed by atoms with van der Waals surface area (Å²) in [4.78, 5) is 20.7. The first-order chi connectivity index (χ1) is 5.97. The number of furan rings is 1. The Morgan fingerprint density at radius 1 is 1.62 bits per heavy atom. The van der Waals surface area contributed by atoms with Gasteiger partial charge >= 0.3 is 5.97 Å². The van der Waals surface area contributed by atoms with E-state index >= 15 is 0 Å². The summed E-state index contributed by atoms with van der Waals surface area (Å²) in [5.41, 5.74) is -1.77. The molecule has 0 spiro atoms. The highest BCUT2D eigenvalue weighted by Crippen LogP contribution is 2.20. The lowest BCUT2D eigenvalue weighted by atomic mass is 10.1. The topological polar surface area (TPSA) is 87.7 Å². The summed E-state index contributed by atoms with van der Waals surface area (Å²) in [7, 11) is 0. The van der Waals surface area contributed by atoms with Crippen molar-refractivity contribution in [3.05, 3.63) is 23.7 Å². The largest absolute Gasteiger partial charge is 0.475 e. The molecular weight excluding hydrogens is 176 g/mol. The van der Waals surface area contributed by atoms with Crippen molar-refractivity contribution in [3.63, 3.8) is 0 Å². The maximum absolute atomic E-state index is 10.4. The van der Waals surface area contributed by atoms with Crippen LogP contribution in [0.15, 0.2) is 16.5 Å². The number of rotatable bonds is 3. The number of carbonyl (C=O) groups excluding carboxylic acids is 1. The summed E-state index contributed by atoms with van der Waals surface area (Å²) in [6, 6.07) is 2.42. The van der Waals surface area contributed by atoms with Crippen LogP contribution in [0.1, 0.15) is 23.2 Å². The SMILES string of the molecule is CC(O)(C=O)c1ccc(C(=O)O)o1. The van der Waals surface area contributed by atoms with Gasteiger partial charge in [-0.25, -0.2) is 4.79 Å². The number of hydrogen-bond acceptors (Lipinski definition) is 4. The molecule has 0 aromatic carbocycles. The second-order valence-electron chi connectivity index (χ2n) is 2.73. The first-order valence-corrected chi connectivity index (χ1v) is 3.49. The Bertz CT molecular complexity index is 336. The zero-order chi connectivity index (χ0) is 10.1. The van der Waals surface area contributed by atoms with Crippen LogP contribution >= 0.6 is 0 Å². The van der Waals surface area contributed by atoms with E-state index in [0.29, 0.717) is 0 Å². The van der Waals surface area contributed by atoms with Crippen molar-refractivity contribution < 1.29 is 24.2 Å². The van der Waals surface area contributed by atoms with Gasteiger partial charge in [-0.1, -0.05) is 0 Å². The lowest BCUT2D eigenvalue weighted by Crippen LogP contribution is -2.21. The van der Waals surface area contributed by atoms with Crippen molar-refractivity contribution in [2.45, 2.75) is 12.5 Å². The summed E-state index contributed by atoms with van der Waals surface area (Å²) in [6.07, 6.45) is 0.275. The monoisotopic (exact) mass is 184 g/mol. The molecule has 1 rings (SSSR count). The van der Waals surface area contributed by atoms with E-state index in [1.54, 1.807) is 0 Å². The molecule has 5 heteroatoms. The van der Waals surface area contributed by atoms with Crippen molar-refractivity contribution in [3.8, 4) is 0 Å². The number of carboxylic acids is 1. The normalized spacial score (nSPS) is 14.9. The summed E-state index contributed by atoms with van der Waals surface area (Å²) >= 11 is 0. The number of carbonyl (C=O) groups is 2. The molecule has 1 aromatic rings. The van der Waals surface area contributed by atoms with E-state index in [4.69, 9.17) is 9.52 Å². The number of aliphatic hydroxyl groups is 1. The van der Waals surface area contributed by atoms with Crippen LogP contribution in [0, 0.1) is 0 Å². The second kappa shape index (κ2) is 3.02.